The minimum Gasteiger partial charge on any atom is -0.258 e. The topological polar surface area (TPSA) is 24.7 Å². The summed E-state index contributed by atoms with van der Waals surface area (Å²) in [4.78, 5) is 8.70. The van der Waals surface area contributed by atoms with Crippen molar-refractivity contribution in [2.24, 2.45) is 9.98 Å². The highest BCUT2D eigenvalue weighted by Crippen LogP contribution is 2.27. The molecule has 0 fully saturated rings. The third kappa shape index (κ3) is 1.44. The lowest BCUT2D eigenvalue weighted by Gasteiger charge is -2.00. The maximum atomic E-state index is 4.39. The first-order valence-corrected chi connectivity index (χ1v) is 4.99. The van der Waals surface area contributed by atoms with Crippen LogP contribution in [0.4, 0.5) is 0 Å². The van der Waals surface area contributed by atoms with Crippen LogP contribution in [0.3, 0.4) is 0 Å². The molecule has 72 valence electrons. The Bertz CT molecular complexity index is 505. The van der Waals surface area contributed by atoms with Crippen molar-refractivity contribution in [1.29, 1.82) is 0 Å². The Morgan fingerprint density at radius 2 is 1.87 bits per heavy atom. The lowest BCUT2D eigenvalue weighted by molar-refractivity contribution is 1.09. The molecule has 0 bridgehead atoms. The zero-order chi connectivity index (χ0) is 10.1. The molecule has 3 rings (SSSR count). The quantitative estimate of drug-likeness (QED) is 0.691. The van der Waals surface area contributed by atoms with Gasteiger partial charge in [-0.2, -0.15) is 0 Å². The van der Waals surface area contributed by atoms with Crippen LogP contribution >= 0.6 is 0 Å². The SMILES string of the molecule is C1=NC(Cc2ccccc2)=C2N=CC=C12. The number of hydrogen-bond donors (Lipinski definition) is 0. The van der Waals surface area contributed by atoms with E-state index in [2.05, 4.69) is 22.1 Å². The Kier molecular flexibility index (Phi) is 1.85. The summed E-state index contributed by atoms with van der Waals surface area (Å²) in [6.07, 6.45) is 6.58. The molecular formula is C13H10N2. The molecule has 0 radical (unpaired) electrons. The molecule has 0 N–H and O–H groups in total. The predicted octanol–water partition coefficient (Wildman–Crippen LogP) is 2.54. The predicted molar refractivity (Wildman–Crippen MR) is 62.2 cm³/mol. The van der Waals surface area contributed by atoms with Gasteiger partial charge in [-0.1, -0.05) is 30.3 Å². The molecular weight excluding hydrogens is 184 g/mol. The fraction of sp³-hybridized carbons (Fsp3) is 0.0769. The van der Waals surface area contributed by atoms with Gasteiger partial charge in [0.1, 0.15) is 0 Å². The summed E-state index contributed by atoms with van der Waals surface area (Å²) in [5, 5.41) is 0. The van der Waals surface area contributed by atoms with Crippen LogP contribution in [0, 0.1) is 0 Å². The molecule has 2 heteroatoms. The summed E-state index contributed by atoms with van der Waals surface area (Å²) in [5.74, 6) is 0. The van der Waals surface area contributed by atoms with Crippen LogP contribution in [0.1, 0.15) is 5.56 Å². The minimum atomic E-state index is 0.862. The van der Waals surface area contributed by atoms with Crippen molar-refractivity contribution < 1.29 is 0 Å². The summed E-state index contributed by atoms with van der Waals surface area (Å²) < 4.78 is 0. The Labute approximate surface area is 88.4 Å². The summed E-state index contributed by atoms with van der Waals surface area (Å²) >= 11 is 0. The highest BCUT2D eigenvalue weighted by atomic mass is 14.9. The third-order valence-electron chi connectivity index (χ3n) is 2.58. The van der Waals surface area contributed by atoms with Gasteiger partial charge in [0.15, 0.2) is 0 Å². The van der Waals surface area contributed by atoms with Gasteiger partial charge in [0.2, 0.25) is 0 Å². The summed E-state index contributed by atoms with van der Waals surface area (Å²) in [6.45, 7) is 0. The van der Waals surface area contributed by atoms with Crippen LogP contribution < -0.4 is 0 Å². The van der Waals surface area contributed by atoms with Crippen molar-refractivity contribution in [2.45, 2.75) is 6.42 Å². The first-order valence-electron chi connectivity index (χ1n) is 4.99. The zero-order valence-corrected chi connectivity index (χ0v) is 8.22. The van der Waals surface area contributed by atoms with Gasteiger partial charge >= 0.3 is 0 Å². The van der Waals surface area contributed by atoms with Gasteiger partial charge in [-0.3, -0.25) is 9.98 Å². The maximum Gasteiger partial charge on any atom is 0.0936 e. The van der Waals surface area contributed by atoms with Crippen molar-refractivity contribution in [3.05, 3.63) is 58.9 Å². The van der Waals surface area contributed by atoms with E-state index in [0.717, 1.165) is 23.4 Å². The second kappa shape index (κ2) is 3.31. The zero-order valence-electron chi connectivity index (χ0n) is 8.22. The summed E-state index contributed by atoms with van der Waals surface area (Å²) in [5.41, 5.74) is 4.53. The van der Waals surface area contributed by atoms with Gasteiger partial charge in [-0.15, -0.1) is 0 Å². The maximum absolute atomic E-state index is 4.39. The van der Waals surface area contributed by atoms with Crippen LogP contribution in [-0.4, -0.2) is 12.4 Å². The highest BCUT2D eigenvalue weighted by Gasteiger charge is 2.17. The number of aliphatic imine (C=N–C) groups is 2. The average molecular weight is 194 g/mol. The molecule has 0 unspecified atom stereocenters. The molecule has 0 saturated heterocycles. The van der Waals surface area contributed by atoms with Crippen LogP contribution in [0.5, 0.6) is 0 Å². The number of hydrogen-bond acceptors (Lipinski definition) is 2. The van der Waals surface area contributed by atoms with Gasteiger partial charge in [-0.05, 0) is 11.6 Å². The summed E-state index contributed by atoms with van der Waals surface area (Å²) in [6, 6.07) is 10.4. The Balaban J connectivity index is 1.92. The Hall–Kier alpha value is -1.96. The van der Waals surface area contributed by atoms with E-state index >= 15 is 0 Å². The molecule has 1 aromatic rings. The van der Waals surface area contributed by atoms with Gasteiger partial charge in [-0.25, -0.2) is 0 Å². The van der Waals surface area contributed by atoms with Crippen molar-refractivity contribution in [2.75, 3.05) is 0 Å². The van der Waals surface area contributed by atoms with Crippen molar-refractivity contribution in [3.8, 4) is 0 Å². The summed E-state index contributed by atoms with van der Waals surface area (Å²) in [7, 11) is 0. The molecule has 0 atom stereocenters. The molecule has 1 aromatic carbocycles. The normalized spacial score (nSPS) is 17.2. The smallest absolute Gasteiger partial charge is 0.0936 e. The van der Waals surface area contributed by atoms with E-state index in [1.165, 1.54) is 5.56 Å². The van der Waals surface area contributed by atoms with Gasteiger partial charge in [0.05, 0.1) is 11.4 Å². The van der Waals surface area contributed by atoms with Gasteiger partial charge in [0, 0.05) is 24.4 Å². The fourth-order valence-electron chi connectivity index (χ4n) is 1.82. The molecule has 0 saturated carbocycles. The second-order valence-corrected chi connectivity index (χ2v) is 3.62. The van der Waals surface area contributed by atoms with E-state index in [1.807, 2.05) is 36.7 Å². The first-order chi connectivity index (χ1) is 7.43. The number of rotatable bonds is 2. The molecule has 2 nitrogen and oxygen atoms in total. The number of nitrogens with zero attached hydrogens (tertiary/aromatic N) is 2. The molecule has 2 aliphatic rings. The number of fused-ring (bicyclic) bond motifs is 1. The first kappa shape index (κ1) is 8.36. The van der Waals surface area contributed by atoms with Crippen LogP contribution in [0.2, 0.25) is 0 Å². The number of allylic oxidation sites excluding steroid dienone is 3. The van der Waals surface area contributed by atoms with Crippen molar-refractivity contribution in [1.82, 2.24) is 0 Å². The van der Waals surface area contributed by atoms with Crippen LogP contribution in [-0.2, 0) is 6.42 Å². The van der Waals surface area contributed by atoms with E-state index in [1.54, 1.807) is 0 Å². The molecule has 2 aliphatic heterocycles. The average Bonchev–Trinajstić information content (AvgIpc) is 2.85. The van der Waals surface area contributed by atoms with Crippen LogP contribution in [0.25, 0.3) is 0 Å². The Morgan fingerprint density at radius 1 is 1.00 bits per heavy atom. The molecule has 0 spiro atoms. The van der Waals surface area contributed by atoms with E-state index in [-0.39, 0.29) is 0 Å². The van der Waals surface area contributed by atoms with E-state index in [4.69, 9.17) is 0 Å². The number of benzene rings is 1. The van der Waals surface area contributed by atoms with Crippen LogP contribution in [0.15, 0.2) is 63.4 Å². The van der Waals surface area contributed by atoms with E-state index in [0.29, 0.717) is 0 Å². The van der Waals surface area contributed by atoms with Gasteiger partial charge in [0.25, 0.3) is 0 Å². The molecule has 0 aliphatic carbocycles. The van der Waals surface area contributed by atoms with E-state index < -0.39 is 0 Å². The fourth-order valence-corrected chi connectivity index (χ4v) is 1.82. The Morgan fingerprint density at radius 3 is 2.73 bits per heavy atom. The molecule has 15 heavy (non-hydrogen) atoms. The van der Waals surface area contributed by atoms with Crippen molar-refractivity contribution >= 4 is 12.4 Å². The lowest BCUT2D eigenvalue weighted by Crippen LogP contribution is -1.88. The lowest BCUT2D eigenvalue weighted by atomic mass is 10.1. The second-order valence-electron chi connectivity index (χ2n) is 3.62. The molecule has 2 heterocycles. The molecule has 0 aromatic heterocycles. The third-order valence-corrected chi connectivity index (χ3v) is 2.58. The van der Waals surface area contributed by atoms with Crippen molar-refractivity contribution in [3.63, 3.8) is 0 Å². The minimum absolute atomic E-state index is 0.862. The monoisotopic (exact) mass is 194 g/mol. The van der Waals surface area contributed by atoms with Gasteiger partial charge < -0.3 is 0 Å². The van der Waals surface area contributed by atoms with E-state index in [9.17, 15) is 0 Å². The largest absolute Gasteiger partial charge is 0.258 e. The standard InChI is InChI=1S/C13H10N2/c1-2-4-10(5-3-1)8-12-13-11(9-15-12)6-7-14-13/h1-7,9H,8H2. The molecule has 0 amide bonds. The highest BCUT2D eigenvalue weighted by molar-refractivity contribution is 5.98.